The van der Waals surface area contributed by atoms with Gasteiger partial charge in [-0.05, 0) is 25.0 Å². The van der Waals surface area contributed by atoms with Crippen molar-refractivity contribution in [2.45, 2.75) is 30.9 Å². The van der Waals surface area contributed by atoms with Gasteiger partial charge in [0.05, 0.1) is 54.5 Å². The van der Waals surface area contributed by atoms with Crippen LogP contribution in [0.15, 0.2) is 47.4 Å². The molecule has 2 aromatic heterocycles. The van der Waals surface area contributed by atoms with Gasteiger partial charge in [0.25, 0.3) is 5.91 Å². The van der Waals surface area contributed by atoms with Gasteiger partial charge < -0.3 is 10.5 Å². The Balaban J connectivity index is 1.66. The van der Waals surface area contributed by atoms with E-state index in [-0.39, 0.29) is 17.3 Å². The molecule has 11 heteroatoms. The Bertz CT molecular complexity index is 1160. The SMILES string of the molecule is C=C/C=N\N1C=C(c2cc(C(N)=O)n[nH]2)N=C(c2cnn([C@]3(CC#N)C[C@H](OC)C3)c2)C1. The number of hydrogen-bond donors (Lipinski definition) is 2. The Labute approximate surface area is 184 Å². The van der Waals surface area contributed by atoms with Crippen LogP contribution in [-0.4, -0.2) is 62.6 Å². The Morgan fingerprint density at radius 2 is 2.38 bits per heavy atom. The number of aromatic nitrogens is 4. The van der Waals surface area contributed by atoms with Crippen molar-refractivity contribution in [2.24, 2.45) is 15.8 Å². The first-order valence-corrected chi connectivity index (χ1v) is 10.00. The highest BCUT2D eigenvalue weighted by atomic mass is 16.5. The van der Waals surface area contributed by atoms with Crippen LogP contribution in [0.1, 0.15) is 41.0 Å². The van der Waals surface area contributed by atoms with Gasteiger partial charge in [-0.3, -0.25) is 19.6 Å². The fourth-order valence-electron chi connectivity index (χ4n) is 3.87. The largest absolute Gasteiger partial charge is 0.381 e. The summed E-state index contributed by atoms with van der Waals surface area (Å²) in [6, 6.07) is 3.81. The van der Waals surface area contributed by atoms with E-state index in [2.05, 4.69) is 33.0 Å². The Kier molecular flexibility index (Phi) is 5.70. The van der Waals surface area contributed by atoms with E-state index in [0.717, 1.165) is 24.1 Å². The van der Waals surface area contributed by atoms with Gasteiger partial charge in [0.15, 0.2) is 0 Å². The molecule has 0 atom stereocenters. The molecule has 0 saturated heterocycles. The number of H-pyrrole nitrogens is 1. The first-order valence-electron chi connectivity index (χ1n) is 10.00. The minimum atomic E-state index is -0.631. The second kappa shape index (κ2) is 8.60. The number of nitrogens with one attached hydrogen (secondary N) is 1. The molecule has 1 aliphatic heterocycles. The number of aliphatic imine (C=N–C) groups is 1. The third kappa shape index (κ3) is 3.95. The van der Waals surface area contributed by atoms with E-state index < -0.39 is 5.91 Å². The molecule has 1 saturated carbocycles. The van der Waals surface area contributed by atoms with Crippen molar-refractivity contribution in [3.8, 4) is 6.07 Å². The van der Waals surface area contributed by atoms with Crippen LogP contribution in [0, 0.1) is 11.3 Å². The minimum absolute atomic E-state index is 0.119. The molecule has 3 N–H and O–H groups in total. The number of nitriles is 1. The quantitative estimate of drug-likeness (QED) is 0.601. The van der Waals surface area contributed by atoms with Crippen LogP contribution in [0.2, 0.25) is 0 Å². The summed E-state index contributed by atoms with van der Waals surface area (Å²) in [6.07, 6.45) is 10.5. The van der Waals surface area contributed by atoms with E-state index in [9.17, 15) is 10.1 Å². The molecule has 0 spiro atoms. The number of nitrogens with zero attached hydrogens (tertiary/aromatic N) is 7. The van der Waals surface area contributed by atoms with Crippen molar-refractivity contribution in [1.82, 2.24) is 25.0 Å². The van der Waals surface area contributed by atoms with Gasteiger partial charge in [-0.1, -0.05) is 6.58 Å². The van der Waals surface area contributed by atoms with E-state index in [1.807, 2.05) is 10.9 Å². The first-order chi connectivity index (χ1) is 15.5. The Morgan fingerprint density at radius 3 is 3.03 bits per heavy atom. The van der Waals surface area contributed by atoms with Crippen LogP contribution < -0.4 is 5.73 Å². The number of hydrazone groups is 1. The highest BCUT2D eigenvalue weighted by Crippen LogP contribution is 2.43. The molecule has 1 fully saturated rings. The van der Waals surface area contributed by atoms with Crippen LogP contribution in [-0.2, 0) is 10.3 Å². The maximum Gasteiger partial charge on any atom is 0.269 e. The molecule has 0 radical (unpaired) electrons. The van der Waals surface area contributed by atoms with Gasteiger partial charge in [-0.25, -0.2) is 4.99 Å². The smallest absolute Gasteiger partial charge is 0.269 e. The summed E-state index contributed by atoms with van der Waals surface area (Å²) in [4.78, 5) is 16.2. The van der Waals surface area contributed by atoms with Gasteiger partial charge in [-0.15, -0.1) is 0 Å². The topological polar surface area (TPSA) is 151 Å². The van der Waals surface area contributed by atoms with Crippen molar-refractivity contribution < 1.29 is 9.53 Å². The molecule has 4 rings (SSSR count). The fourth-order valence-corrected chi connectivity index (χ4v) is 3.87. The zero-order valence-electron chi connectivity index (χ0n) is 17.6. The number of aromatic amines is 1. The molecule has 2 aliphatic rings. The van der Waals surface area contributed by atoms with E-state index in [1.165, 1.54) is 0 Å². The number of amides is 1. The Hall–Kier alpha value is -4.04. The van der Waals surface area contributed by atoms with Gasteiger partial charge >= 0.3 is 0 Å². The van der Waals surface area contributed by atoms with Gasteiger partial charge in [-0.2, -0.15) is 20.6 Å². The summed E-state index contributed by atoms with van der Waals surface area (Å²) < 4.78 is 7.26. The van der Waals surface area contributed by atoms with Crippen LogP contribution in [0.4, 0.5) is 0 Å². The third-order valence-electron chi connectivity index (χ3n) is 5.62. The second-order valence-corrected chi connectivity index (χ2v) is 7.70. The number of carbonyl (C=O) groups is 1. The molecule has 0 aromatic carbocycles. The number of carbonyl (C=O) groups excluding carboxylic acids is 1. The molecular weight excluding hydrogens is 410 g/mol. The van der Waals surface area contributed by atoms with Gasteiger partial charge in [0.1, 0.15) is 11.4 Å². The summed E-state index contributed by atoms with van der Waals surface area (Å²) in [6.45, 7) is 4.06. The molecule has 1 aliphatic carbocycles. The molecule has 0 bridgehead atoms. The molecule has 164 valence electrons. The van der Waals surface area contributed by atoms with Gasteiger partial charge in [0, 0.05) is 25.1 Å². The third-order valence-corrected chi connectivity index (χ3v) is 5.62. The lowest BCUT2D eigenvalue weighted by Gasteiger charge is -2.45. The number of allylic oxidation sites excluding steroid dienone is 1. The summed E-state index contributed by atoms with van der Waals surface area (Å²) >= 11 is 0. The number of rotatable bonds is 8. The van der Waals surface area contributed by atoms with Crippen LogP contribution in [0.5, 0.6) is 0 Å². The highest BCUT2D eigenvalue weighted by molar-refractivity contribution is 6.05. The molecule has 2 aromatic rings. The van der Waals surface area contributed by atoms with E-state index in [0.29, 0.717) is 24.4 Å². The average molecular weight is 433 g/mol. The van der Waals surface area contributed by atoms with E-state index in [4.69, 9.17) is 15.5 Å². The molecule has 1 amide bonds. The standard InChI is InChI=1S/C21H23N9O2/c1-3-6-24-29-12-18(26-19(13-29)16-7-17(20(23)31)28-27-16)14-10-25-30(11-14)21(4-5-22)8-15(9-21)32-2/h3,6-7,10-11,13,15H,1,4,8-9,12H2,2H3,(H2,23,31)(H,27,28)/b24-6-/t15-,21+. The second-order valence-electron chi connectivity index (χ2n) is 7.70. The summed E-state index contributed by atoms with van der Waals surface area (Å²) in [5.74, 6) is -0.631. The summed E-state index contributed by atoms with van der Waals surface area (Å²) in [5.41, 5.74) is 7.66. The zero-order valence-corrected chi connectivity index (χ0v) is 17.6. The Morgan fingerprint density at radius 1 is 1.56 bits per heavy atom. The lowest BCUT2D eigenvalue weighted by Crippen LogP contribution is -2.50. The molecule has 3 heterocycles. The predicted molar refractivity (Wildman–Crippen MR) is 117 cm³/mol. The van der Waals surface area contributed by atoms with Crippen molar-refractivity contribution in [1.29, 1.82) is 5.26 Å². The predicted octanol–water partition coefficient (Wildman–Crippen LogP) is 1.40. The number of ether oxygens (including phenoxy) is 1. The van der Waals surface area contributed by atoms with E-state index in [1.54, 1.807) is 42.9 Å². The molecule has 11 nitrogen and oxygen atoms in total. The molecular formula is C21H23N9O2. The van der Waals surface area contributed by atoms with Crippen LogP contribution >= 0.6 is 0 Å². The summed E-state index contributed by atoms with van der Waals surface area (Å²) in [7, 11) is 1.68. The van der Waals surface area contributed by atoms with E-state index >= 15 is 0 Å². The van der Waals surface area contributed by atoms with Crippen molar-refractivity contribution >= 4 is 23.5 Å². The number of nitrogens with two attached hydrogens (primary N) is 1. The first kappa shape index (κ1) is 21.2. The number of primary amides is 1. The highest BCUT2D eigenvalue weighted by Gasteiger charge is 2.47. The average Bonchev–Trinajstić information content (AvgIpc) is 3.45. The normalized spacial score (nSPS) is 22.8. The number of methoxy groups -OCH3 is 1. The van der Waals surface area contributed by atoms with Crippen LogP contribution in [0.3, 0.4) is 0 Å². The monoisotopic (exact) mass is 433 g/mol. The maximum absolute atomic E-state index is 11.4. The van der Waals surface area contributed by atoms with Gasteiger partial charge in [0.2, 0.25) is 0 Å². The fraction of sp³-hybridized carbons (Fsp3) is 0.333. The lowest BCUT2D eigenvalue weighted by molar-refractivity contribution is -0.0542. The molecule has 0 unspecified atom stereocenters. The van der Waals surface area contributed by atoms with Crippen molar-refractivity contribution in [2.75, 3.05) is 13.7 Å². The van der Waals surface area contributed by atoms with Crippen molar-refractivity contribution in [3.05, 3.63) is 54.3 Å². The minimum Gasteiger partial charge on any atom is -0.381 e. The molecule has 32 heavy (non-hydrogen) atoms. The zero-order chi connectivity index (χ0) is 22.7. The van der Waals surface area contributed by atoms with Crippen molar-refractivity contribution in [3.63, 3.8) is 0 Å². The lowest BCUT2D eigenvalue weighted by atomic mass is 9.72. The number of hydrogen-bond acceptors (Lipinski definition) is 8. The maximum atomic E-state index is 11.4. The van der Waals surface area contributed by atoms with Crippen LogP contribution in [0.25, 0.3) is 5.70 Å². The summed E-state index contributed by atoms with van der Waals surface area (Å²) in [5, 5.41) is 26.6.